The average molecular weight is 460 g/mol. The molecule has 0 spiro atoms. The summed E-state index contributed by atoms with van der Waals surface area (Å²) in [6.45, 7) is 3.53. The molecule has 3 rings (SSSR count). The van der Waals surface area contributed by atoms with Crippen molar-refractivity contribution in [3.05, 3.63) is 52.7 Å². The van der Waals surface area contributed by atoms with Crippen LogP contribution in [0.4, 0.5) is 10.7 Å². The Morgan fingerprint density at radius 1 is 1.19 bits per heavy atom. The lowest BCUT2D eigenvalue weighted by Gasteiger charge is -2.07. The fraction of sp³-hybridized carbons (Fsp3) is 0.250. The van der Waals surface area contributed by atoms with Crippen LogP contribution >= 0.6 is 23.1 Å². The number of nitrogens with one attached hydrogen (secondary N) is 2. The maximum atomic E-state index is 12.8. The Labute approximate surface area is 187 Å². The molecule has 0 aliphatic carbocycles. The molecule has 0 saturated carbocycles. The largest absolute Gasteiger partial charge is 0.462 e. The van der Waals surface area contributed by atoms with Crippen molar-refractivity contribution in [2.75, 3.05) is 23.0 Å². The summed E-state index contributed by atoms with van der Waals surface area (Å²) >= 11 is 2.25. The molecular weight excluding hydrogens is 438 g/mol. The predicted octanol–water partition coefficient (Wildman–Crippen LogP) is 3.34. The number of carbonyl (C=O) groups excluding carboxylic acids is 3. The van der Waals surface area contributed by atoms with Crippen LogP contribution in [0.15, 0.2) is 41.8 Å². The van der Waals surface area contributed by atoms with E-state index in [1.807, 2.05) is 6.07 Å². The molecule has 0 bridgehead atoms. The maximum Gasteiger partial charge on any atom is 0.341 e. The highest BCUT2D eigenvalue weighted by atomic mass is 32.2. The normalized spacial score (nSPS) is 10.5. The van der Waals surface area contributed by atoms with Crippen LogP contribution in [0.3, 0.4) is 0 Å². The molecule has 2 amide bonds. The third kappa shape index (κ3) is 5.50. The number of nitrogens with zero attached hydrogens (tertiary/aromatic N) is 3. The zero-order valence-corrected chi connectivity index (χ0v) is 18.8. The second-order valence-electron chi connectivity index (χ2n) is 6.36. The number of esters is 1. The van der Waals surface area contributed by atoms with E-state index in [0.717, 1.165) is 11.3 Å². The van der Waals surface area contributed by atoms with Gasteiger partial charge in [-0.15, -0.1) is 21.5 Å². The van der Waals surface area contributed by atoms with Gasteiger partial charge in [0.15, 0.2) is 5.16 Å². The first kappa shape index (κ1) is 22.5. The van der Waals surface area contributed by atoms with Gasteiger partial charge in [-0.2, -0.15) is 0 Å². The number of hydrogen-bond acceptors (Lipinski definition) is 8. The highest BCUT2D eigenvalue weighted by molar-refractivity contribution is 7.99. The maximum absolute atomic E-state index is 12.8. The quantitative estimate of drug-likeness (QED) is 0.392. The molecule has 31 heavy (non-hydrogen) atoms. The Hall–Kier alpha value is -3.18. The van der Waals surface area contributed by atoms with Crippen molar-refractivity contribution in [2.45, 2.75) is 19.0 Å². The van der Waals surface area contributed by atoms with E-state index >= 15 is 0 Å². The molecule has 0 saturated heterocycles. The minimum Gasteiger partial charge on any atom is -0.462 e. The smallest absolute Gasteiger partial charge is 0.341 e. The van der Waals surface area contributed by atoms with Gasteiger partial charge in [-0.1, -0.05) is 30.0 Å². The number of rotatable bonds is 8. The molecule has 0 aliphatic heterocycles. The van der Waals surface area contributed by atoms with Crippen LogP contribution in [0.5, 0.6) is 0 Å². The number of aromatic nitrogens is 3. The van der Waals surface area contributed by atoms with Crippen LogP contribution in [0.1, 0.15) is 32.5 Å². The lowest BCUT2D eigenvalue weighted by molar-refractivity contribution is -0.113. The number of thiophene rings is 1. The average Bonchev–Trinajstić information content (AvgIpc) is 3.30. The van der Waals surface area contributed by atoms with Crippen molar-refractivity contribution in [3.8, 4) is 0 Å². The number of hydrogen-bond donors (Lipinski definition) is 2. The lowest BCUT2D eigenvalue weighted by Crippen LogP contribution is -2.16. The molecule has 0 fully saturated rings. The van der Waals surface area contributed by atoms with Crippen molar-refractivity contribution in [2.24, 2.45) is 7.05 Å². The summed E-state index contributed by atoms with van der Waals surface area (Å²) in [5.74, 6) is -1.23. The van der Waals surface area contributed by atoms with Crippen LogP contribution in [-0.4, -0.2) is 44.9 Å². The van der Waals surface area contributed by atoms with E-state index < -0.39 is 5.97 Å². The Bertz CT molecular complexity index is 1090. The minimum absolute atomic E-state index is 0.0668. The zero-order valence-electron chi connectivity index (χ0n) is 17.2. The van der Waals surface area contributed by atoms with E-state index in [9.17, 15) is 14.4 Å². The second kappa shape index (κ2) is 10.2. The molecule has 162 valence electrons. The monoisotopic (exact) mass is 459 g/mol. The van der Waals surface area contributed by atoms with Gasteiger partial charge in [-0.25, -0.2) is 4.79 Å². The number of para-hydroxylation sites is 1. The molecule has 0 aliphatic rings. The third-order valence-electron chi connectivity index (χ3n) is 4.12. The van der Waals surface area contributed by atoms with E-state index in [4.69, 9.17) is 4.74 Å². The summed E-state index contributed by atoms with van der Waals surface area (Å²) in [4.78, 5) is 38.1. The van der Waals surface area contributed by atoms with Crippen LogP contribution in [0, 0.1) is 6.92 Å². The Morgan fingerprint density at radius 3 is 2.58 bits per heavy atom. The van der Waals surface area contributed by atoms with Crippen molar-refractivity contribution < 1.29 is 19.1 Å². The molecule has 0 atom stereocenters. The molecule has 1 aromatic carbocycles. The van der Waals surface area contributed by atoms with Gasteiger partial charge in [0.05, 0.1) is 22.8 Å². The van der Waals surface area contributed by atoms with Gasteiger partial charge < -0.3 is 19.9 Å². The lowest BCUT2D eigenvalue weighted by atomic mass is 10.1. The van der Waals surface area contributed by atoms with Crippen molar-refractivity contribution >= 4 is 51.6 Å². The van der Waals surface area contributed by atoms with E-state index in [-0.39, 0.29) is 34.7 Å². The second-order valence-corrected chi connectivity index (χ2v) is 8.33. The number of thioether (sulfide) groups is 1. The Kier molecular flexibility index (Phi) is 7.42. The molecule has 11 heteroatoms. The molecule has 3 aromatic rings. The van der Waals surface area contributed by atoms with Gasteiger partial charge in [0.25, 0.3) is 5.91 Å². The summed E-state index contributed by atoms with van der Waals surface area (Å²) in [6, 6.07) is 8.99. The Morgan fingerprint density at radius 2 is 1.94 bits per heavy atom. The van der Waals surface area contributed by atoms with Gasteiger partial charge in [0.1, 0.15) is 11.3 Å². The standard InChI is InChI=1S/C20H21N5O4S2/c1-4-29-19(28)15-12(2)16(17(27)22-13-8-6-5-7-9-13)31-18(15)23-14(26)10-30-20-24-21-11-25(20)3/h5-9,11H,4,10H2,1-3H3,(H,22,27)(H,23,26). The zero-order chi connectivity index (χ0) is 22.4. The van der Waals surface area contributed by atoms with E-state index in [1.165, 1.54) is 11.8 Å². The third-order valence-corrected chi connectivity index (χ3v) is 6.36. The molecule has 2 N–H and O–H groups in total. The fourth-order valence-electron chi connectivity index (χ4n) is 2.67. The Balaban J connectivity index is 1.81. The van der Waals surface area contributed by atoms with Crippen LogP contribution < -0.4 is 10.6 Å². The number of amides is 2. The van der Waals surface area contributed by atoms with Crippen molar-refractivity contribution in [1.29, 1.82) is 0 Å². The van der Waals surface area contributed by atoms with Crippen LogP contribution in [0.25, 0.3) is 0 Å². The van der Waals surface area contributed by atoms with E-state index in [1.54, 1.807) is 56.1 Å². The van der Waals surface area contributed by atoms with Gasteiger partial charge in [0.2, 0.25) is 5.91 Å². The van der Waals surface area contributed by atoms with Gasteiger partial charge >= 0.3 is 5.97 Å². The topological polar surface area (TPSA) is 115 Å². The molecule has 2 heterocycles. The molecular formula is C20H21N5O4S2. The van der Waals surface area contributed by atoms with Gasteiger partial charge in [-0.3, -0.25) is 9.59 Å². The highest BCUT2D eigenvalue weighted by Crippen LogP contribution is 2.34. The van der Waals surface area contributed by atoms with E-state index in [2.05, 4.69) is 20.8 Å². The summed E-state index contributed by atoms with van der Waals surface area (Å²) in [7, 11) is 1.78. The summed E-state index contributed by atoms with van der Waals surface area (Å²) in [5.41, 5.74) is 1.26. The number of ether oxygens (including phenoxy) is 1. The first-order valence-electron chi connectivity index (χ1n) is 9.34. The SMILES string of the molecule is CCOC(=O)c1c(NC(=O)CSc2nncn2C)sc(C(=O)Nc2ccccc2)c1C. The van der Waals surface area contributed by atoms with Gasteiger partial charge in [0, 0.05) is 12.7 Å². The number of aryl methyl sites for hydroxylation is 1. The first-order chi connectivity index (χ1) is 14.9. The molecule has 0 unspecified atom stereocenters. The van der Waals surface area contributed by atoms with Crippen LogP contribution in [-0.2, 0) is 16.6 Å². The van der Waals surface area contributed by atoms with Crippen molar-refractivity contribution in [1.82, 2.24) is 14.8 Å². The summed E-state index contributed by atoms with van der Waals surface area (Å²) in [5, 5.41) is 14.1. The molecule has 2 aromatic heterocycles. The first-order valence-corrected chi connectivity index (χ1v) is 11.1. The number of carbonyl (C=O) groups is 3. The van der Waals surface area contributed by atoms with Crippen LogP contribution in [0.2, 0.25) is 0 Å². The number of benzene rings is 1. The van der Waals surface area contributed by atoms with Crippen molar-refractivity contribution in [3.63, 3.8) is 0 Å². The molecule has 0 radical (unpaired) electrons. The van der Waals surface area contributed by atoms with E-state index in [0.29, 0.717) is 21.3 Å². The predicted molar refractivity (Wildman–Crippen MR) is 120 cm³/mol. The van der Waals surface area contributed by atoms with Gasteiger partial charge in [-0.05, 0) is 31.5 Å². The molecule has 9 nitrogen and oxygen atoms in total. The number of anilines is 2. The summed E-state index contributed by atoms with van der Waals surface area (Å²) < 4.78 is 6.83. The minimum atomic E-state index is -0.591. The fourth-order valence-corrected chi connectivity index (χ4v) is 4.47. The summed E-state index contributed by atoms with van der Waals surface area (Å²) in [6.07, 6.45) is 1.54. The highest BCUT2D eigenvalue weighted by Gasteiger charge is 2.26.